The minimum atomic E-state index is 0. The zero-order chi connectivity index (χ0) is 14.4. The molecule has 0 spiro atoms. The molecule has 0 amide bonds. The Balaban J connectivity index is 0.00000220. The van der Waals surface area contributed by atoms with Gasteiger partial charge in [0.15, 0.2) is 5.96 Å². The summed E-state index contributed by atoms with van der Waals surface area (Å²) in [5.41, 5.74) is 3.91. The van der Waals surface area contributed by atoms with E-state index in [0.717, 1.165) is 32.1 Å². The highest BCUT2D eigenvalue weighted by Gasteiger charge is 2.15. The van der Waals surface area contributed by atoms with Crippen LogP contribution in [0, 0.1) is 13.8 Å². The van der Waals surface area contributed by atoms with E-state index in [1.165, 1.54) is 23.1 Å². The fourth-order valence-corrected chi connectivity index (χ4v) is 2.46. The Morgan fingerprint density at radius 2 is 2.14 bits per heavy atom. The van der Waals surface area contributed by atoms with E-state index >= 15 is 0 Å². The molecule has 1 aromatic rings. The van der Waals surface area contributed by atoms with Crippen LogP contribution < -0.4 is 10.6 Å². The summed E-state index contributed by atoms with van der Waals surface area (Å²) in [4.78, 5) is 4.25. The molecule has 0 saturated carbocycles. The van der Waals surface area contributed by atoms with Gasteiger partial charge < -0.3 is 15.4 Å². The number of aliphatic imine (C=N–C) groups is 1. The second-order valence-corrected chi connectivity index (χ2v) is 5.37. The predicted molar refractivity (Wildman–Crippen MR) is 98.5 cm³/mol. The smallest absolute Gasteiger partial charge is 0.191 e. The predicted octanol–water partition coefficient (Wildman–Crippen LogP) is 2.77. The van der Waals surface area contributed by atoms with E-state index in [2.05, 4.69) is 47.7 Å². The third-order valence-electron chi connectivity index (χ3n) is 3.69. The van der Waals surface area contributed by atoms with Crippen molar-refractivity contribution in [2.45, 2.75) is 39.3 Å². The van der Waals surface area contributed by atoms with Gasteiger partial charge in [-0.15, -0.1) is 24.0 Å². The number of rotatable bonds is 4. The van der Waals surface area contributed by atoms with Crippen LogP contribution in [-0.2, 0) is 11.3 Å². The first-order chi connectivity index (χ1) is 9.69. The van der Waals surface area contributed by atoms with Gasteiger partial charge in [0.1, 0.15) is 0 Å². The standard InChI is InChI=1S/C16H25N3O.HI/c1-12-6-7-14(13(2)9-12)10-18-16(17-3)19-11-15-5-4-8-20-15;/h6-7,9,15H,4-5,8,10-11H2,1-3H3,(H2,17,18,19);1H. The topological polar surface area (TPSA) is 45.7 Å². The SMILES string of the molecule is CN=C(NCc1ccc(C)cc1C)NCC1CCCO1.I. The van der Waals surface area contributed by atoms with Crippen LogP contribution in [0.2, 0.25) is 0 Å². The van der Waals surface area contributed by atoms with Crippen molar-refractivity contribution in [2.24, 2.45) is 4.99 Å². The van der Waals surface area contributed by atoms with E-state index in [1.807, 2.05) is 0 Å². The molecule has 5 heteroatoms. The van der Waals surface area contributed by atoms with Gasteiger partial charge >= 0.3 is 0 Å². The van der Waals surface area contributed by atoms with Crippen molar-refractivity contribution in [3.05, 3.63) is 34.9 Å². The molecule has 1 atom stereocenters. The van der Waals surface area contributed by atoms with E-state index in [9.17, 15) is 0 Å². The van der Waals surface area contributed by atoms with Crippen molar-refractivity contribution in [2.75, 3.05) is 20.2 Å². The van der Waals surface area contributed by atoms with Crippen LogP contribution in [-0.4, -0.2) is 32.3 Å². The molecular weight excluding hydrogens is 377 g/mol. The van der Waals surface area contributed by atoms with Crippen molar-refractivity contribution in [1.82, 2.24) is 10.6 Å². The maximum Gasteiger partial charge on any atom is 0.191 e. The molecule has 0 aromatic heterocycles. The minimum absolute atomic E-state index is 0. The zero-order valence-corrected chi connectivity index (χ0v) is 15.4. The number of halogens is 1. The Hall–Kier alpha value is -0.820. The van der Waals surface area contributed by atoms with Crippen LogP contribution in [0.3, 0.4) is 0 Å². The van der Waals surface area contributed by atoms with E-state index in [1.54, 1.807) is 7.05 Å². The van der Waals surface area contributed by atoms with Crippen molar-refractivity contribution in [3.8, 4) is 0 Å². The first kappa shape index (κ1) is 18.2. The Morgan fingerprint density at radius 3 is 2.76 bits per heavy atom. The molecule has 21 heavy (non-hydrogen) atoms. The molecule has 1 aromatic carbocycles. The third-order valence-corrected chi connectivity index (χ3v) is 3.69. The number of nitrogens with zero attached hydrogens (tertiary/aromatic N) is 1. The summed E-state index contributed by atoms with van der Waals surface area (Å²) in [5.74, 6) is 0.834. The van der Waals surface area contributed by atoms with Crippen molar-refractivity contribution in [3.63, 3.8) is 0 Å². The molecule has 4 nitrogen and oxygen atoms in total. The summed E-state index contributed by atoms with van der Waals surface area (Å²) in [6, 6.07) is 6.52. The van der Waals surface area contributed by atoms with Crippen LogP contribution in [0.5, 0.6) is 0 Å². The molecule has 118 valence electrons. The maximum absolute atomic E-state index is 5.60. The lowest BCUT2D eigenvalue weighted by Gasteiger charge is -2.16. The first-order valence-electron chi connectivity index (χ1n) is 7.31. The Morgan fingerprint density at radius 1 is 1.33 bits per heavy atom. The molecule has 1 unspecified atom stereocenters. The quantitative estimate of drug-likeness (QED) is 0.462. The van der Waals surface area contributed by atoms with Crippen LogP contribution in [0.25, 0.3) is 0 Å². The number of hydrogen-bond donors (Lipinski definition) is 2. The van der Waals surface area contributed by atoms with Crippen LogP contribution in [0.15, 0.2) is 23.2 Å². The fourth-order valence-electron chi connectivity index (χ4n) is 2.46. The second-order valence-electron chi connectivity index (χ2n) is 5.37. The van der Waals surface area contributed by atoms with Gasteiger partial charge in [-0.1, -0.05) is 23.8 Å². The summed E-state index contributed by atoms with van der Waals surface area (Å²) < 4.78 is 5.60. The average molecular weight is 403 g/mol. The van der Waals surface area contributed by atoms with Crippen LogP contribution >= 0.6 is 24.0 Å². The summed E-state index contributed by atoms with van der Waals surface area (Å²) in [7, 11) is 1.80. The molecule has 0 radical (unpaired) electrons. The molecular formula is C16H26IN3O. The van der Waals surface area contributed by atoms with Gasteiger partial charge in [0.05, 0.1) is 6.10 Å². The van der Waals surface area contributed by atoms with Gasteiger partial charge in [0, 0.05) is 26.7 Å². The molecule has 2 N–H and O–H groups in total. The molecule has 2 rings (SSSR count). The number of benzene rings is 1. The van der Waals surface area contributed by atoms with E-state index < -0.39 is 0 Å². The van der Waals surface area contributed by atoms with Crippen molar-refractivity contribution in [1.29, 1.82) is 0 Å². The number of ether oxygens (including phenoxy) is 1. The van der Waals surface area contributed by atoms with Crippen LogP contribution in [0.1, 0.15) is 29.5 Å². The average Bonchev–Trinajstić information content (AvgIpc) is 2.94. The monoisotopic (exact) mass is 403 g/mol. The van der Waals surface area contributed by atoms with Crippen molar-refractivity contribution < 1.29 is 4.74 Å². The highest BCUT2D eigenvalue weighted by molar-refractivity contribution is 14.0. The molecule has 1 aliphatic rings. The van der Waals surface area contributed by atoms with E-state index in [0.29, 0.717) is 6.10 Å². The Kier molecular flexibility index (Phi) is 8.03. The molecule has 0 aliphatic carbocycles. The lowest BCUT2D eigenvalue weighted by molar-refractivity contribution is 0.114. The van der Waals surface area contributed by atoms with Gasteiger partial charge in [0.25, 0.3) is 0 Å². The van der Waals surface area contributed by atoms with Gasteiger partial charge in [0.2, 0.25) is 0 Å². The number of aryl methyl sites for hydroxylation is 2. The van der Waals surface area contributed by atoms with Gasteiger partial charge in [-0.25, -0.2) is 0 Å². The van der Waals surface area contributed by atoms with Crippen LogP contribution in [0.4, 0.5) is 0 Å². The summed E-state index contributed by atoms with van der Waals surface area (Å²) in [5, 5.41) is 6.68. The van der Waals surface area contributed by atoms with E-state index in [4.69, 9.17) is 4.74 Å². The summed E-state index contributed by atoms with van der Waals surface area (Å²) in [6.45, 7) is 6.77. The van der Waals surface area contributed by atoms with Gasteiger partial charge in [-0.3, -0.25) is 4.99 Å². The number of hydrogen-bond acceptors (Lipinski definition) is 2. The molecule has 0 bridgehead atoms. The van der Waals surface area contributed by atoms with Crippen molar-refractivity contribution >= 4 is 29.9 Å². The lowest BCUT2D eigenvalue weighted by atomic mass is 10.1. The zero-order valence-electron chi connectivity index (χ0n) is 13.1. The third kappa shape index (κ3) is 5.82. The molecule has 1 fully saturated rings. The summed E-state index contributed by atoms with van der Waals surface area (Å²) >= 11 is 0. The fraction of sp³-hybridized carbons (Fsp3) is 0.562. The highest BCUT2D eigenvalue weighted by Crippen LogP contribution is 2.11. The Bertz CT molecular complexity index is 471. The minimum Gasteiger partial charge on any atom is -0.376 e. The molecule has 1 saturated heterocycles. The largest absolute Gasteiger partial charge is 0.376 e. The summed E-state index contributed by atoms with van der Waals surface area (Å²) in [6.07, 6.45) is 2.64. The normalized spacial score (nSPS) is 18.2. The second kappa shape index (κ2) is 9.25. The number of nitrogens with one attached hydrogen (secondary N) is 2. The van der Waals surface area contributed by atoms with Gasteiger partial charge in [-0.2, -0.15) is 0 Å². The lowest BCUT2D eigenvalue weighted by Crippen LogP contribution is -2.40. The van der Waals surface area contributed by atoms with Gasteiger partial charge in [-0.05, 0) is 37.8 Å². The Labute approximate surface area is 144 Å². The highest BCUT2D eigenvalue weighted by atomic mass is 127. The molecule has 1 aliphatic heterocycles. The maximum atomic E-state index is 5.60. The first-order valence-corrected chi connectivity index (χ1v) is 7.31. The molecule has 1 heterocycles. The number of guanidine groups is 1. The van der Waals surface area contributed by atoms with E-state index in [-0.39, 0.29) is 24.0 Å².